The molecule has 0 atom stereocenters. The molecule has 11 aromatic carbocycles. The predicted molar refractivity (Wildman–Crippen MR) is 233 cm³/mol. The summed E-state index contributed by atoms with van der Waals surface area (Å²) in [6, 6.07) is 76.1. The van der Waals surface area contributed by atoms with Crippen LogP contribution in [-0.2, 0) is 0 Å². The Morgan fingerprint density at radius 1 is 0.185 bits per heavy atom. The van der Waals surface area contributed by atoms with Crippen LogP contribution in [-0.4, -0.2) is 0 Å². The van der Waals surface area contributed by atoms with Gasteiger partial charge in [0.25, 0.3) is 0 Å². The van der Waals surface area contributed by atoms with Crippen molar-refractivity contribution in [3.05, 3.63) is 206 Å². The Labute approximate surface area is 314 Å². The third kappa shape index (κ3) is 4.78. The lowest BCUT2D eigenvalue weighted by atomic mass is 9.82. The van der Waals surface area contributed by atoms with E-state index in [4.69, 9.17) is 0 Å². The molecule has 0 heteroatoms. The molecule has 0 aliphatic carbocycles. The van der Waals surface area contributed by atoms with Gasteiger partial charge in [-0.15, -0.1) is 0 Å². The number of fused-ring (bicyclic) bond motifs is 8. The quantitative estimate of drug-likeness (QED) is 0.128. The van der Waals surface area contributed by atoms with E-state index in [2.05, 4.69) is 206 Å². The maximum absolute atomic E-state index is 2.43. The smallest absolute Gasteiger partial charge is 0.00197 e. The van der Waals surface area contributed by atoms with Gasteiger partial charge in [0.05, 0.1) is 0 Å². The zero-order valence-electron chi connectivity index (χ0n) is 29.6. The second-order valence-electron chi connectivity index (χ2n) is 14.4. The highest BCUT2D eigenvalue weighted by Crippen LogP contribution is 2.48. The maximum atomic E-state index is 2.43. The first-order chi connectivity index (χ1) is 26.8. The molecule has 11 rings (SSSR count). The fourth-order valence-electron chi connectivity index (χ4n) is 8.96. The lowest BCUT2D eigenvalue weighted by Crippen LogP contribution is -1.93. The standard InChI is InChI=1S/C54H34/c1-2-14-35(15-3-1)38-30-31-49-52(32-38)54(51-34-40-17-5-7-19-42(40)44-21-9-11-23-46(44)51)48-25-13-12-24-47(48)53(49)37-28-26-36(27-29-37)50-33-39-16-4-6-18-41(39)43-20-8-10-22-45(43)50/h1-34H. The van der Waals surface area contributed by atoms with Crippen LogP contribution in [0.3, 0.4) is 0 Å². The summed E-state index contributed by atoms with van der Waals surface area (Å²) in [5.41, 5.74) is 9.95. The molecule has 0 spiro atoms. The van der Waals surface area contributed by atoms with Crippen LogP contribution in [0.5, 0.6) is 0 Å². The van der Waals surface area contributed by atoms with Crippen molar-refractivity contribution in [3.63, 3.8) is 0 Å². The summed E-state index contributed by atoms with van der Waals surface area (Å²) in [5.74, 6) is 0. The summed E-state index contributed by atoms with van der Waals surface area (Å²) >= 11 is 0. The van der Waals surface area contributed by atoms with E-state index < -0.39 is 0 Å². The van der Waals surface area contributed by atoms with Gasteiger partial charge in [-0.05, 0) is 127 Å². The summed E-state index contributed by atoms with van der Waals surface area (Å²) in [5, 5.41) is 15.2. The van der Waals surface area contributed by atoms with E-state index in [1.54, 1.807) is 0 Å². The molecule has 0 aliphatic heterocycles. The highest BCUT2D eigenvalue weighted by Gasteiger charge is 2.20. The van der Waals surface area contributed by atoms with Gasteiger partial charge in [-0.1, -0.05) is 188 Å². The van der Waals surface area contributed by atoms with Crippen LogP contribution in [0.25, 0.3) is 109 Å². The predicted octanol–water partition coefficient (Wildman–Crippen LogP) is 15.3. The zero-order valence-corrected chi connectivity index (χ0v) is 29.6. The van der Waals surface area contributed by atoms with Crippen LogP contribution in [0.1, 0.15) is 0 Å². The minimum absolute atomic E-state index is 1.22. The minimum atomic E-state index is 1.22. The van der Waals surface area contributed by atoms with E-state index in [1.807, 2.05) is 0 Å². The van der Waals surface area contributed by atoms with E-state index in [9.17, 15) is 0 Å². The Morgan fingerprint density at radius 2 is 0.611 bits per heavy atom. The van der Waals surface area contributed by atoms with Crippen LogP contribution in [0.15, 0.2) is 206 Å². The van der Waals surface area contributed by atoms with Gasteiger partial charge in [0, 0.05) is 0 Å². The van der Waals surface area contributed by atoms with Crippen molar-refractivity contribution in [2.75, 3.05) is 0 Å². The fraction of sp³-hybridized carbons (Fsp3) is 0. The molecule has 0 heterocycles. The maximum Gasteiger partial charge on any atom is -0.00197 e. The Morgan fingerprint density at radius 3 is 1.24 bits per heavy atom. The Hall–Kier alpha value is -7.02. The third-order valence-electron chi connectivity index (χ3n) is 11.4. The molecule has 0 aliphatic rings. The summed E-state index contributed by atoms with van der Waals surface area (Å²) in [4.78, 5) is 0. The van der Waals surface area contributed by atoms with Gasteiger partial charge in [0.2, 0.25) is 0 Å². The summed E-state index contributed by atoms with van der Waals surface area (Å²) < 4.78 is 0. The molecule has 0 nitrogen and oxygen atoms in total. The topological polar surface area (TPSA) is 0 Å². The van der Waals surface area contributed by atoms with Crippen molar-refractivity contribution in [1.82, 2.24) is 0 Å². The highest BCUT2D eigenvalue weighted by atomic mass is 14.2. The van der Waals surface area contributed by atoms with Gasteiger partial charge >= 0.3 is 0 Å². The van der Waals surface area contributed by atoms with E-state index in [0.717, 1.165) is 0 Å². The molecule has 0 N–H and O–H groups in total. The Balaban J connectivity index is 1.20. The van der Waals surface area contributed by atoms with E-state index in [-0.39, 0.29) is 0 Å². The Bertz CT molecular complexity index is 3240. The molecule has 0 aromatic heterocycles. The third-order valence-corrected chi connectivity index (χ3v) is 11.4. The van der Waals surface area contributed by atoms with Crippen LogP contribution >= 0.6 is 0 Å². The summed E-state index contributed by atoms with van der Waals surface area (Å²) in [6.07, 6.45) is 0. The number of hydrogen-bond acceptors (Lipinski definition) is 0. The lowest BCUT2D eigenvalue weighted by molar-refractivity contribution is 1.63. The molecular weight excluding hydrogens is 649 g/mol. The summed E-state index contributed by atoms with van der Waals surface area (Å²) in [7, 11) is 0. The number of benzene rings is 11. The van der Waals surface area contributed by atoms with Crippen molar-refractivity contribution in [1.29, 1.82) is 0 Å². The Kier molecular flexibility index (Phi) is 6.97. The van der Waals surface area contributed by atoms with Crippen LogP contribution in [0, 0.1) is 0 Å². The first-order valence-corrected chi connectivity index (χ1v) is 18.8. The first-order valence-electron chi connectivity index (χ1n) is 18.8. The van der Waals surface area contributed by atoms with Crippen molar-refractivity contribution in [2.45, 2.75) is 0 Å². The normalized spacial score (nSPS) is 11.7. The second kappa shape index (κ2) is 12.3. The van der Waals surface area contributed by atoms with Gasteiger partial charge in [-0.2, -0.15) is 0 Å². The number of hydrogen-bond donors (Lipinski definition) is 0. The second-order valence-corrected chi connectivity index (χ2v) is 14.4. The number of rotatable bonds is 4. The molecule has 0 saturated carbocycles. The van der Waals surface area contributed by atoms with Gasteiger partial charge in [0.1, 0.15) is 0 Å². The summed E-state index contributed by atoms with van der Waals surface area (Å²) in [6.45, 7) is 0. The van der Waals surface area contributed by atoms with Crippen LogP contribution in [0.4, 0.5) is 0 Å². The fourth-order valence-corrected chi connectivity index (χ4v) is 8.96. The monoisotopic (exact) mass is 682 g/mol. The average Bonchev–Trinajstić information content (AvgIpc) is 3.25. The zero-order chi connectivity index (χ0) is 35.6. The van der Waals surface area contributed by atoms with Crippen LogP contribution in [0.2, 0.25) is 0 Å². The van der Waals surface area contributed by atoms with E-state index in [0.29, 0.717) is 0 Å². The van der Waals surface area contributed by atoms with Crippen molar-refractivity contribution < 1.29 is 0 Å². The average molecular weight is 683 g/mol. The van der Waals surface area contributed by atoms with Gasteiger partial charge in [-0.3, -0.25) is 0 Å². The molecule has 0 radical (unpaired) electrons. The minimum Gasteiger partial charge on any atom is -0.0622 e. The first kappa shape index (κ1) is 30.6. The molecule has 0 amide bonds. The highest BCUT2D eigenvalue weighted by molar-refractivity contribution is 6.26. The van der Waals surface area contributed by atoms with Gasteiger partial charge in [-0.25, -0.2) is 0 Å². The molecule has 11 aromatic rings. The molecule has 0 saturated heterocycles. The largest absolute Gasteiger partial charge is 0.0622 e. The molecule has 0 bridgehead atoms. The van der Waals surface area contributed by atoms with Crippen molar-refractivity contribution in [2.24, 2.45) is 0 Å². The molecular formula is C54H34. The molecule has 0 fully saturated rings. The SMILES string of the molecule is c1ccc(-c2ccc3c(-c4ccc(-c5cc6ccccc6c6ccccc56)cc4)c4ccccc4c(-c4cc5ccccc5c5ccccc45)c3c2)cc1. The van der Waals surface area contributed by atoms with E-state index in [1.165, 1.54) is 109 Å². The van der Waals surface area contributed by atoms with Crippen LogP contribution < -0.4 is 0 Å². The van der Waals surface area contributed by atoms with Gasteiger partial charge in [0.15, 0.2) is 0 Å². The van der Waals surface area contributed by atoms with Crippen molar-refractivity contribution in [3.8, 4) is 44.5 Å². The van der Waals surface area contributed by atoms with Gasteiger partial charge < -0.3 is 0 Å². The molecule has 54 heavy (non-hydrogen) atoms. The lowest BCUT2D eigenvalue weighted by Gasteiger charge is -2.20. The molecule has 250 valence electrons. The van der Waals surface area contributed by atoms with Crippen molar-refractivity contribution >= 4 is 64.6 Å². The van der Waals surface area contributed by atoms with E-state index >= 15 is 0 Å². The molecule has 0 unspecified atom stereocenters.